The highest BCUT2D eigenvalue weighted by Gasteiger charge is 2.51. The van der Waals surface area contributed by atoms with E-state index >= 15 is 0 Å². The molecule has 4 atom stereocenters. The first-order valence-corrected chi connectivity index (χ1v) is 14.9. The Bertz CT molecular complexity index is 1070. The van der Waals surface area contributed by atoms with Gasteiger partial charge in [-0.1, -0.05) is 75.6 Å². The molecule has 0 spiro atoms. The Balaban J connectivity index is 1.17. The molecule has 2 aliphatic heterocycles. The van der Waals surface area contributed by atoms with Crippen LogP contribution >= 0.6 is 0 Å². The van der Waals surface area contributed by atoms with E-state index in [1.54, 1.807) is 6.26 Å². The number of benzene rings is 1. The molecule has 1 aromatic carbocycles. The summed E-state index contributed by atoms with van der Waals surface area (Å²) >= 11 is 0. The molecule has 5 rings (SSSR count). The summed E-state index contributed by atoms with van der Waals surface area (Å²) in [6.45, 7) is 0. The van der Waals surface area contributed by atoms with Crippen LogP contribution in [0.25, 0.3) is 0 Å². The van der Waals surface area contributed by atoms with Gasteiger partial charge in [-0.05, 0) is 49.1 Å². The summed E-state index contributed by atoms with van der Waals surface area (Å²) in [6, 6.07) is 8.32. The second kappa shape index (κ2) is 13.1. The van der Waals surface area contributed by atoms with Crippen LogP contribution in [0.5, 0.6) is 0 Å². The fourth-order valence-corrected chi connectivity index (χ4v) is 7.04. The number of methoxy groups -OCH3 is 1. The number of Topliss-reactive ketones (excluding diaryl/α,β-unsaturated/α-hetero) is 1. The van der Waals surface area contributed by atoms with Gasteiger partial charge in [-0.15, -0.1) is 0 Å². The maximum Gasteiger partial charge on any atom is 0.305 e. The van der Waals surface area contributed by atoms with Gasteiger partial charge in [0.25, 0.3) is 0 Å². The molecule has 1 saturated carbocycles. The second-order valence-electron chi connectivity index (χ2n) is 11.6. The highest BCUT2D eigenvalue weighted by molar-refractivity contribution is 5.93. The Morgan fingerprint density at radius 3 is 2.55 bits per heavy atom. The fourth-order valence-electron chi connectivity index (χ4n) is 7.04. The molecule has 6 nitrogen and oxygen atoms in total. The van der Waals surface area contributed by atoms with Gasteiger partial charge in [-0.3, -0.25) is 9.59 Å². The minimum absolute atomic E-state index is 0.0551. The Labute approximate surface area is 226 Å². The van der Waals surface area contributed by atoms with E-state index in [0.29, 0.717) is 30.8 Å². The molecule has 2 saturated heterocycles. The molecule has 3 fully saturated rings. The highest BCUT2D eigenvalue weighted by Crippen LogP contribution is 2.50. The summed E-state index contributed by atoms with van der Waals surface area (Å²) in [7, 11) is 1.43. The van der Waals surface area contributed by atoms with Crippen LogP contribution in [-0.2, 0) is 27.1 Å². The van der Waals surface area contributed by atoms with Crippen LogP contribution in [0.2, 0.25) is 0 Å². The van der Waals surface area contributed by atoms with E-state index < -0.39 is 0 Å². The van der Waals surface area contributed by atoms with Gasteiger partial charge in [0.05, 0.1) is 25.2 Å². The van der Waals surface area contributed by atoms with Gasteiger partial charge in [-0.25, -0.2) is 4.98 Å². The molecule has 0 unspecified atom stereocenters. The minimum Gasteiger partial charge on any atom is -0.469 e. The van der Waals surface area contributed by atoms with Crippen molar-refractivity contribution in [3.8, 4) is 0 Å². The molecular weight excluding hydrogens is 478 g/mol. The van der Waals surface area contributed by atoms with E-state index in [9.17, 15) is 9.59 Å². The number of carbonyl (C=O) groups is 2. The maximum absolute atomic E-state index is 12.9. The van der Waals surface area contributed by atoms with Crippen LogP contribution in [0.4, 0.5) is 0 Å². The van der Waals surface area contributed by atoms with Crippen molar-refractivity contribution in [2.24, 2.45) is 11.8 Å². The van der Waals surface area contributed by atoms with Crippen LogP contribution in [-0.4, -0.2) is 36.1 Å². The van der Waals surface area contributed by atoms with Crippen molar-refractivity contribution in [1.82, 2.24) is 4.98 Å². The minimum atomic E-state index is -0.192. The van der Waals surface area contributed by atoms with Crippen molar-refractivity contribution in [3.05, 3.63) is 53.2 Å². The smallest absolute Gasteiger partial charge is 0.305 e. The van der Waals surface area contributed by atoms with E-state index in [1.165, 1.54) is 63.2 Å². The van der Waals surface area contributed by atoms with Gasteiger partial charge in [0.2, 0.25) is 5.89 Å². The monoisotopic (exact) mass is 521 g/mol. The van der Waals surface area contributed by atoms with E-state index in [0.717, 1.165) is 38.0 Å². The van der Waals surface area contributed by atoms with Crippen molar-refractivity contribution in [2.45, 2.75) is 114 Å². The number of carbonyl (C=O) groups excluding carboxylic acids is 2. The molecule has 1 aliphatic carbocycles. The summed E-state index contributed by atoms with van der Waals surface area (Å²) in [5.41, 5.74) is 2.87. The van der Waals surface area contributed by atoms with Gasteiger partial charge in [0.1, 0.15) is 12.0 Å². The zero-order chi connectivity index (χ0) is 26.3. The number of aromatic nitrogens is 1. The lowest BCUT2D eigenvalue weighted by atomic mass is 9.75. The standard InChI is InChI=1S/C32H43NO5/c1-36-30(35)19-16-23-13-8-9-14-24(23)20-25-28-17-18-29(38-28)31(25)32-33-26(21-37-32)27(34)15-7-3-6-12-22-10-4-2-5-11-22/h8-9,13-14,21-22,25,28-29,31H,2-7,10-12,15-20H2,1H3/t25-,28-,29+,31-/m0/s1. The maximum atomic E-state index is 12.9. The molecule has 206 valence electrons. The number of ether oxygens (including phenoxy) is 2. The van der Waals surface area contributed by atoms with Crippen LogP contribution in [0.15, 0.2) is 34.9 Å². The molecule has 38 heavy (non-hydrogen) atoms. The average Bonchev–Trinajstić information content (AvgIpc) is 3.70. The first-order valence-electron chi connectivity index (χ1n) is 14.9. The van der Waals surface area contributed by atoms with Gasteiger partial charge < -0.3 is 13.9 Å². The third-order valence-corrected chi connectivity index (χ3v) is 9.16. The number of aryl methyl sites for hydroxylation is 1. The topological polar surface area (TPSA) is 78.6 Å². The molecule has 6 heteroatoms. The average molecular weight is 522 g/mol. The zero-order valence-electron chi connectivity index (χ0n) is 22.9. The molecular formula is C32H43NO5. The Hall–Kier alpha value is -2.47. The number of unbranched alkanes of at least 4 members (excludes halogenated alkanes) is 2. The largest absolute Gasteiger partial charge is 0.469 e. The molecule has 0 amide bonds. The summed E-state index contributed by atoms with van der Waals surface area (Å²) < 4.78 is 17.1. The summed E-state index contributed by atoms with van der Waals surface area (Å²) in [6.07, 6.45) is 17.9. The molecule has 2 aromatic rings. The molecule has 0 radical (unpaired) electrons. The van der Waals surface area contributed by atoms with Crippen molar-refractivity contribution >= 4 is 11.8 Å². The lowest BCUT2D eigenvalue weighted by Crippen LogP contribution is -2.28. The number of hydrogen-bond acceptors (Lipinski definition) is 6. The predicted molar refractivity (Wildman–Crippen MR) is 145 cm³/mol. The number of rotatable bonds is 13. The van der Waals surface area contributed by atoms with Gasteiger partial charge in [0.15, 0.2) is 5.78 Å². The highest BCUT2D eigenvalue weighted by atomic mass is 16.5. The lowest BCUT2D eigenvalue weighted by Gasteiger charge is -2.26. The third kappa shape index (κ3) is 6.56. The lowest BCUT2D eigenvalue weighted by molar-refractivity contribution is -0.140. The fraction of sp³-hybridized carbons (Fsp3) is 0.656. The first kappa shape index (κ1) is 27.1. The summed E-state index contributed by atoms with van der Waals surface area (Å²) in [5.74, 6) is 1.76. The summed E-state index contributed by atoms with van der Waals surface area (Å²) in [5, 5.41) is 0. The SMILES string of the molecule is COC(=O)CCc1ccccc1C[C@@H]1[C@H](c2nc(C(=O)CCCCCC3CCCCC3)co2)[C@H]2CC[C@@H]1O2. The third-order valence-electron chi connectivity index (χ3n) is 9.16. The number of nitrogens with zero attached hydrogens (tertiary/aromatic N) is 1. The normalized spacial score (nSPS) is 25.1. The predicted octanol–water partition coefficient (Wildman–Crippen LogP) is 7.00. The molecule has 3 heterocycles. The summed E-state index contributed by atoms with van der Waals surface area (Å²) in [4.78, 5) is 29.3. The van der Waals surface area contributed by atoms with Crippen LogP contribution in [0.1, 0.15) is 117 Å². The van der Waals surface area contributed by atoms with Crippen molar-refractivity contribution in [2.75, 3.05) is 7.11 Å². The Kier molecular flexibility index (Phi) is 9.31. The van der Waals surface area contributed by atoms with Crippen molar-refractivity contribution in [1.29, 1.82) is 0 Å². The zero-order valence-corrected chi connectivity index (χ0v) is 22.9. The number of esters is 1. The van der Waals surface area contributed by atoms with Crippen LogP contribution < -0.4 is 0 Å². The van der Waals surface area contributed by atoms with E-state index in [4.69, 9.17) is 18.9 Å². The van der Waals surface area contributed by atoms with Gasteiger partial charge >= 0.3 is 5.97 Å². The van der Waals surface area contributed by atoms with Gasteiger partial charge in [0, 0.05) is 18.8 Å². The molecule has 3 aliphatic rings. The van der Waals surface area contributed by atoms with Crippen LogP contribution in [0.3, 0.4) is 0 Å². The molecule has 0 N–H and O–H groups in total. The van der Waals surface area contributed by atoms with E-state index in [-0.39, 0.29) is 35.8 Å². The number of ketones is 1. The first-order chi connectivity index (χ1) is 18.6. The number of hydrogen-bond donors (Lipinski definition) is 0. The van der Waals surface area contributed by atoms with Crippen molar-refractivity contribution < 1.29 is 23.5 Å². The Morgan fingerprint density at radius 1 is 0.947 bits per heavy atom. The quantitative estimate of drug-likeness (QED) is 0.160. The molecule has 2 bridgehead atoms. The number of fused-ring (bicyclic) bond motifs is 2. The van der Waals surface area contributed by atoms with E-state index in [1.807, 2.05) is 6.07 Å². The van der Waals surface area contributed by atoms with E-state index in [2.05, 4.69) is 18.2 Å². The van der Waals surface area contributed by atoms with Crippen molar-refractivity contribution in [3.63, 3.8) is 0 Å². The second-order valence-corrected chi connectivity index (χ2v) is 11.6. The van der Waals surface area contributed by atoms with Gasteiger partial charge in [-0.2, -0.15) is 0 Å². The molecule has 1 aromatic heterocycles. The number of oxazole rings is 1. The van der Waals surface area contributed by atoms with Crippen LogP contribution in [0, 0.1) is 11.8 Å². The Morgan fingerprint density at radius 2 is 1.74 bits per heavy atom.